The SMILES string of the molecule is [NH3+]C1CCCCCCCCCCC1. The molecule has 0 saturated heterocycles. The van der Waals surface area contributed by atoms with Crippen LogP contribution in [0, 0.1) is 0 Å². The van der Waals surface area contributed by atoms with E-state index in [0.717, 1.165) is 6.04 Å². The fourth-order valence-electron chi connectivity index (χ4n) is 2.25. The lowest BCUT2D eigenvalue weighted by Crippen LogP contribution is -2.60. The van der Waals surface area contributed by atoms with Crippen LogP contribution in [0.3, 0.4) is 0 Å². The summed E-state index contributed by atoms with van der Waals surface area (Å²) in [5, 5.41) is 0. The molecule has 0 aromatic heterocycles. The summed E-state index contributed by atoms with van der Waals surface area (Å²) >= 11 is 0. The van der Waals surface area contributed by atoms with Gasteiger partial charge in [-0.15, -0.1) is 0 Å². The Morgan fingerprint density at radius 1 is 0.538 bits per heavy atom. The van der Waals surface area contributed by atoms with Crippen molar-refractivity contribution in [3.63, 3.8) is 0 Å². The predicted octanol–water partition coefficient (Wildman–Crippen LogP) is 2.90. The van der Waals surface area contributed by atoms with Crippen LogP contribution in [0.25, 0.3) is 0 Å². The summed E-state index contributed by atoms with van der Waals surface area (Å²) in [5.41, 5.74) is 4.23. The minimum absolute atomic E-state index is 0.749. The first-order chi connectivity index (χ1) is 6.39. The van der Waals surface area contributed by atoms with Gasteiger partial charge in [0.1, 0.15) is 0 Å². The summed E-state index contributed by atoms with van der Waals surface area (Å²) in [7, 11) is 0. The van der Waals surface area contributed by atoms with E-state index in [1.165, 1.54) is 70.6 Å². The molecule has 1 aliphatic carbocycles. The third-order valence-corrected chi connectivity index (χ3v) is 3.22. The van der Waals surface area contributed by atoms with Crippen molar-refractivity contribution in [3.05, 3.63) is 0 Å². The van der Waals surface area contributed by atoms with Gasteiger partial charge in [0.15, 0.2) is 0 Å². The largest absolute Gasteiger partial charge is 0.355 e. The van der Waals surface area contributed by atoms with E-state index in [4.69, 9.17) is 0 Å². The fourth-order valence-corrected chi connectivity index (χ4v) is 2.25. The maximum absolute atomic E-state index is 4.23. The summed E-state index contributed by atoms with van der Waals surface area (Å²) in [6.45, 7) is 0. The van der Waals surface area contributed by atoms with Crippen LogP contribution in [-0.4, -0.2) is 6.04 Å². The molecule has 0 aromatic rings. The maximum atomic E-state index is 4.23. The van der Waals surface area contributed by atoms with Crippen LogP contribution in [0.1, 0.15) is 70.6 Å². The van der Waals surface area contributed by atoms with Gasteiger partial charge in [-0.3, -0.25) is 0 Å². The van der Waals surface area contributed by atoms with E-state index >= 15 is 0 Å². The molecule has 1 saturated carbocycles. The van der Waals surface area contributed by atoms with Crippen molar-refractivity contribution in [2.45, 2.75) is 76.7 Å². The summed E-state index contributed by atoms with van der Waals surface area (Å²) in [6, 6.07) is 0.749. The number of hydrogen-bond acceptors (Lipinski definition) is 0. The Labute approximate surface area is 83.1 Å². The standard InChI is InChI=1S/C12H25N/c13-12-10-8-6-4-2-1-3-5-7-9-11-12/h12H,1-11,13H2/p+1. The molecule has 78 valence electrons. The Morgan fingerprint density at radius 3 is 1.23 bits per heavy atom. The van der Waals surface area contributed by atoms with Gasteiger partial charge in [0.2, 0.25) is 0 Å². The smallest absolute Gasteiger partial charge is 0.0843 e. The molecule has 0 spiro atoms. The van der Waals surface area contributed by atoms with Crippen molar-refractivity contribution in [1.82, 2.24) is 0 Å². The second kappa shape index (κ2) is 7.37. The van der Waals surface area contributed by atoms with Gasteiger partial charge in [0.05, 0.1) is 6.04 Å². The van der Waals surface area contributed by atoms with Crippen molar-refractivity contribution in [1.29, 1.82) is 0 Å². The highest BCUT2D eigenvalue weighted by Crippen LogP contribution is 2.15. The van der Waals surface area contributed by atoms with Crippen LogP contribution >= 0.6 is 0 Å². The van der Waals surface area contributed by atoms with Crippen molar-refractivity contribution >= 4 is 0 Å². The molecule has 0 atom stereocenters. The number of rotatable bonds is 0. The van der Waals surface area contributed by atoms with E-state index in [0.29, 0.717) is 0 Å². The summed E-state index contributed by atoms with van der Waals surface area (Å²) in [6.07, 6.45) is 15.9. The molecule has 0 bridgehead atoms. The van der Waals surface area contributed by atoms with Crippen molar-refractivity contribution in [3.8, 4) is 0 Å². The second-order valence-corrected chi connectivity index (χ2v) is 4.63. The fraction of sp³-hybridized carbons (Fsp3) is 1.00. The van der Waals surface area contributed by atoms with Crippen LogP contribution < -0.4 is 5.73 Å². The quantitative estimate of drug-likeness (QED) is 0.599. The van der Waals surface area contributed by atoms with Crippen molar-refractivity contribution in [2.24, 2.45) is 0 Å². The Balaban J connectivity index is 2.11. The number of quaternary nitrogens is 1. The van der Waals surface area contributed by atoms with Gasteiger partial charge in [-0.1, -0.05) is 44.9 Å². The maximum Gasteiger partial charge on any atom is 0.0843 e. The molecule has 1 aliphatic rings. The van der Waals surface area contributed by atoms with E-state index in [-0.39, 0.29) is 0 Å². The first kappa shape index (κ1) is 11.0. The highest BCUT2D eigenvalue weighted by molar-refractivity contribution is 4.57. The van der Waals surface area contributed by atoms with E-state index in [9.17, 15) is 0 Å². The average molecular weight is 184 g/mol. The van der Waals surface area contributed by atoms with Crippen LogP contribution in [-0.2, 0) is 0 Å². The molecular formula is C12H26N+. The minimum atomic E-state index is 0.749. The van der Waals surface area contributed by atoms with Crippen molar-refractivity contribution < 1.29 is 5.73 Å². The highest BCUT2D eigenvalue weighted by atomic mass is 14.6. The Bertz CT molecular complexity index is 99.7. The zero-order chi connectivity index (χ0) is 9.36. The topological polar surface area (TPSA) is 27.6 Å². The molecule has 0 heterocycles. The Hall–Kier alpha value is -0.0400. The predicted molar refractivity (Wildman–Crippen MR) is 57.5 cm³/mol. The van der Waals surface area contributed by atoms with Crippen molar-refractivity contribution in [2.75, 3.05) is 0 Å². The Kier molecular flexibility index (Phi) is 6.26. The van der Waals surface area contributed by atoms with E-state index in [1.54, 1.807) is 0 Å². The van der Waals surface area contributed by atoms with Gasteiger partial charge in [-0.05, 0) is 25.7 Å². The normalized spacial score (nSPS) is 24.7. The van der Waals surface area contributed by atoms with Gasteiger partial charge in [0.25, 0.3) is 0 Å². The summed E-state index contributed by atoms with van der Waals surface area (Å²) in [4.78, 5) is 0. The lowest BCUT2D eigenvalue weighted by Gasteiger charge is -2.10. The monoisotopic (exact) mass is 184 g/mol. The molecule has 13 heavy (non-hydrogen) atoms. The first-order valence-electron chi connectivity index (χ1n) is 6.22. The van der Waals surface area contributed by atoms with Gasteiger partial charge in [-0.25, -0.2) is 0 Å². The first-order valence-corrected chi connectivity index (χ1v) is 6.22. The molecule has 0 unspecified atom stereocenters. The molecule has 1 rings (SSSR count). The zero-order valence-electron chi connectivity index (χ0n) is 9.06. The van der Waals surface area contributed by atoms with Crippen LogP contribution in [0.15, 0.2) is 0 Å². The summed E-state index contributed by atoms with van der Waals surface area (Å²) in [5.74, 6) is 0. The molecule has 3 N–H and O–H groups in total. The lowest BCUT2D eigenvalue weighted by molar-refractivity contribution is -0.423. The van der Waals surface area contributed by atoms with Gasteiger partial charge in [0, 0.05) is 0 Å². The molecule has 1 nitrogen and oxygen atoms in total. The van der Waals surface area contributed by atoms with Crippen LogP contribution in [0.2, 0.25) is 0 Å². The third-order valence-electron chi connectivity index (χ3n) is 3.22. The van der Waals surface area contributed by atoms with E-state index < -0.39 is 0 Å². The van der Waals surface area contributed by atoms with Gasteiger partial charge < -0.3 is 5.73 Å². The van der Waals surface area contributed by atoms with E-state index in [1.807, 2.05) is 0 Å². The van der Waals surface area contributed by atoms with E-state index in [2.05, 4.69) is 5.73 Å². The van der Waals surface area contributed by atoms with Gasteiger partial charge in [-0.2, -0.15) is 0 Å². The molecule has 1 heteroatoms. The Morgan fingerprint density at radius 2 is 0.846 bits per heavy atom. The average Bonchev–Trinajstić information content (AvgIpc) is 2.11. The lowest BCUT2D eigenvalue weighted by atomic mass is 9.99. The van der Waals surface area contributed by atoms with Gasteiger partial charge >= 0.3 is 0 Å². The van der Waals surface area contributed by atoms with Crippen LogP contribution in [0.4, 0.5) is 0 Å². The second-order valence-electron chi connectivity index (χ2n) is 4.63. The minimum Gasteiger partial charge on any atom is -0.355 e. The molecule has 0 amide bonds. The molecule has 1 fully saturated rings. The zero-order valence-corrected chi connectivity index (χ0v) is 9.06. The highest BCUT2D eigenvalue weighted by Gasteiger charge is 2.06. The summed E-state index contributed by atoms with van der Waals surface area (Å²) < 4.78 is 0. The molecular weight excluding hydrogens is 158 g/mol. The molecule has 0 radical (unpaired) electrons. The molecule has 0 aliphatic heterocycles. The molecule has 0 aromatic carbocycles. The number of hydrogen-bond donors (Lipinski definition) is 1. The third kappa shape index (κ3) is 6.09. The van der Waals surface area contributed by atoms with Crippen LogP contribution in [0.5, 0.6) is 0 Å².